The summed E-state index contributed by atoms with van der Waals surface area (Å²) < 4.78 is 33.5. The molecule has 2 aromatic carbocycles. The van der Waals surface area contributed by atoms with Crippen molar-refractivity contribution in [1.82, 2.24) is 4.57 Å². The molecule has 0 spiro atoms. The quantitative estimate of drug-likeness (QED) is 0.769. The van der Waals surface area contributed by atoms with Crippen LogP contribution in [0.25, 0.3) is 10.9 Å². The van der Waals surface area contributed by atoms with Gasteiger partial charge in [-0.05, 0) is 43.7 Å². The van der Waals surface area contributed by atoms with Gasteiger partial charge < -0.3 is 4.42 Å². The molecule has 0 saturated heterocycles. The molecule has 1 heterocycles. The van der Waals surface area contributed by atoms with E-state index < -0.39 is 21.4 Å². The Morgan fingerprint density at radius 3 is 2.44 bits per heavy atom. The van der Waals surface area contributed by atoms with Crippen LogP contribution in [0.3, 0.4) is 0 Å². The van der Waals surface area contributed by atoms with Crippen molar-refractivity contribution in [2.24, 2.45) is 7.05 Å². The van der Waals surface area contributed by atoms with Gasteiger partial charge in [0.15, 0.2) is 0 Å². The molecule has 0 bridgehead atoms. The van der Waals surface area contributed by atoms with Crippen LogP contribution in [0.5, 0.6) is 0 Å². The molecule has 0 aliphatic heterocycles. The number of fused-ring (bicyclic) bond motifs is 1. The first-order valence-corrected chi connectivity index (χ1v) is 8.91. The second-order valence-corrected chi connectivity index (χ2v) is 7.50. The lowest BCUT2D eigenvalue weighted by molar-refractivity contribution is 0.432. The van der Waals surface area contributed by atoms with Crippen LogP contribution >= 0.6 is 0 Å². The first kappa shape index (κ1) is 17.0. The molecule has 0 radical (unpaired) electrons. The molecule has 3 rings (SSSR count). The van der Waals surface area contributed by atoms with Gasteiger partial charge in [-0.1, -0.05) is 17.7 Å². The predicted molar refractivity (Wildman–Crippen MR) is 94.4 cm³/mol. The summed E-state index contributed by atoms with van der Waals surface area (Å²) in [7, 11) is -2.46. The Morgan fingerprint density at radius 1 is 1.04 bits per heavy atom. The van der Waals surface area contributed by atoms with Crippen LogP contribution in [0, 0.1) is 13.8 Å². The number of nitrogens with one attached hydrogen (secondary N) is 1. The Kier molecular flexibility index (Phi) is 4.00. The van der Waals surface area contributed by atoms with Gasteiger partial charge in [-0.3, -0.25) is 9.29 Å². The van der Waals surface area contributed by atoms with Crippen LogP contribution < -0.4 is 16.1 Å². The highest BCUT2D eigenvalue weighted by Crippen LogP contribution is 2.22. The lowest BCUT2D eigenvalue weighted by Crippen LogP contribution is -2.23. The summed E-state index contributed by atoms with van der Waals surface area (Å²) in [5, 5.41) is 0.0191. The molecule has 0 amide bonds. The second kappa shape index (κ2) is 5.89. The maximum Gasteiger partial charge on any atom is 0.422 e. The third-order valence-electron chi connectivity index (χ3n) is 3.94. The van der Waals surface area contributed by atoms with Gasteiger partial charge in [0.05, 0.1) is 21.5 Å². The Labute approximate surface area is 143 Å². The van der Waals surface area contributed by atoms with E-state index in [0.29, 0.717) is 11.2 Å². The molecular weight excluding hydrogens is 344 g/mol. The summed E-state index contributed by atoms with van der Waals surface area (Å²) in [4.78, 5) is 23.3. The smallest absolute Gasteiger partial charge is 0.372 e. The van der Waals surface area contributed by atoms with Crippen molar-refractivity contribution in [3.05, 3.63) is 68.5 Å². The van der Waals surface area contributed by atoms with Gasteiger partial charge in [-0.2, -0.15) is 0 Å². The molecule has 8 heteroatoms. The standard InChI is InChI=1S/C17H16N2O5S/c1-10-4-6-14(11(2)8-10)18-25(22,23)12-5-7-15-13(9-12)16(20)24-17(21)19(15)3/h4-9,18H,1-3H3. The second-order valence-electron chi connectivity index (χ2n) is 5.82. The van der Waals surface area contributed by atoms with E-state index in [4.69, 9.17) is 0 Å². The van der Waals surface area contributed by atoms with Crippen molar-refractivity contribution in [3.8, 4) is 0 Å². The Morgan fingerprint density at radius 2 is 1.76 bits per heavy atom. The molecule has 25 heavy (non-hydrogen) atoms. The molecule has 0 aliphatic rings. The van der Waals surface area contributed by atoms with E-state index >= 15 is 0 Å². The van der Waals surface area contributed by atoms with Crippen molar-refractivity contribution >= 4 is 26.6 Å². The number of hydrogen-bond donors (Lipinski definition) is 1. The lowest BCUT2D eigenvalue weighted by atomic mass is 10.1. The molecule has 7 nitrogen and oxygen atoms in total. The number of benzene rings is 2. The molecule has 1 N–H and O–H groups in total. The van der Waals surface area contributed by atoms with Crippen LogP contribution in [0.15, 0.2) is 55.3 Å². The SMILES string of the molecule is Cc1ccc(NS(=O)(=O)c2ccc3c(c2)c(=O)oc(=O)n3C)c(C)c1. The van der Waals surface area contributed by atoms with Crippen molar-refractivity contribution in [2.75, 3.05) is 4.72 Å². The van der Waals surface area contributed by atoms with Gasteiger partial charge in [0.2, 0.25) is 0 Å². The number of aryl methyl sites for hydroxylation is 3. The van der Waals surface area contributed by atoms with E-state index in [-0.39, 0.29) is 10.3 Å². The minimum atomic E-state index is -3.90. The Bertz CT molecular complexity index is 1210. The number of nitrogens with zero attached hydrogens (tertiary/aromatic N) is 1. The minimum absolute atomic E-state index is 0.0191. The third kappa shape index (κ3) is 3.08. The van der Waals surface area contributed by atoms with Crippen molar-refractivity contribution in [1.29, 1.82) is 0 Å². The summed E-state index contributed by atoms with van der Waals surface area (Å²) in [6.45, 7) is 3.72. The molecule has 130 valence electrons. The van der Waals surface area contributed by atoms with Crippen molar-refractivity contribution in [3.63, 3.8) is 0 Å². The molecule has 0 unspecified atom stereocenters. The number of hydrogen-bond acceptors (Lipinski definition) is 5. The largest absolute Gasteiger partial charge is 0.422 e. The van der Waals surface area contributed by atoms with E-state index in [1.54, 1.807) is 19.1 Å². The molecular formula is C17H16N2O5S. The van der Waals surface area contributed by atoms with E-state index in [1.165, 1.54) is 25.2 Å². The Balaban J connectivity index is 2.11. The van der Waals surface area contributed by atoms with Crippen LogP contribution in [0.2, 0.25) is 0 Å². The topological polar surface area (TPSA) is 98.4 Å². The fraction of sp³-hybridized carbons (Fsp3) is 0.176. The predicted octanol–water partition coefficient (Wildman–Crippen LogP) is 1.91. The van der Waals surface area contributed by atoms with Crippen molar-refractivity contribution < 1.29 is 12.8 Å². The summed E-state index contributed by atoms with van der Waals surface area (Å²) in [5.41, 5.74) is 1.68. The first-order valence-electron chi connectivity index (χ1n) is 7.43. The minimum Gasteiger partial charge on any atom is -0.372 e. The fourth-order valence-corrected chi connectivity index (χ4v) is 3.73. The molecule has 0 atom stereocenters. The highest BCUT2D eigenvalue weighted by atomic mass is 32.2. The van der Waals surface area contributed by atoms with E-state index in [1.807, 2.05) is 13.0 Å². The number of rotatable bonds is 3. The molecule has 3 aromatic rings. The van der Waals surface area contributed by atoms with Crippen molar-refractivity contribution in [2.45, 2.75) is 18.7 Å². The van der Waals surface area contributed by atoms with E-state index in [2.05, 4.69) is 9.14 Å². The normalized spacial score (nSPS) is 11.6. The van der Waals surface area contributed by atoms with Gasteiger partial charge in [0.1, 0.15) is 0 Å². The first-order chi connectivity index (χ1) is 11.7. The van der Waals surface area contributed by atoms with E-state index in [0.717, 1.165) is 15.7 Å². The number of anilines is 1. The highest BCUT2D eigenvalue weighted by Gasteiger charge is 2.18. The monoisotopic (exact) mass is 360 g/mol. The third-order valence-corrected chi connectivity index (χ3v) is 5.30. The summed E-state index contributed by atoms with van der Waals surface area (Å²) in [5.74, 6) is -0.804. The summed E-state index contributed by atoms with van der Waals surface area (Å²) >= 11 is 0. The fourth-order valence-electron chi connectivity index (χ4n) is 2.57. The molecule has 0 saturated carbocycles. The maximum absolute atomic E-state index is 12.6. The van der Waals surface area contributed by atoms with Crippen LogP contribution in [-0.4, -0.2) is 13.0 Å². The zero-order valence-corrected chi connectivity index (χ0v) is 14.7. The van der Waals surface area contributed by atoms with Gasteiger partial charge in [0.25, 0.3) is 10.0 Å². The van der Waals surface area contributed by atoms with Crippen LogP contribution in [0.4, 0.5) is 5.69 Å². The zero-order chi connectivity index (χ0) is 18.4. The maximum atomic E-state index is 12.6. The van der Waals surface area contributed by atoms with E-state index in [9.17, 15) is 18.0 Å². The zero-order valence-electron chi connectivity index (χ0n) is 13.9. The van der Waals surface area contributed by atoms with Gasteiger partial charge in [-0.15, -0.1) is 0 Å². The summed E-state index contributed by atoms with van der Waals surface area (Å²) in [6, 6.07) is 9.30. The highest BCUT2D eigenvalue weighted by molar-refractivity contribution is 7.92. The lowest BCUT2D eigenvalue weighted by Gasteiger charge is -2.12. The number of aromatic nitrogens is 1. The van der Waals surface area contributed by atoms with Gasteiger partial charge in [0, 0.05) is 7.05 Å². The van der Waals surface area contributed by atoms with Gasteiger partial charge in [-0.25, -0.2) is 18.0 Å². The Hall–Kier alpha value is -2.87. The molecule has 1 aromatic heterocycles. The van der Waals surface area contributed by atoms with Crippen LogP contribution in [-0.2, 0) is 17.1 Å². The van der Waals surface area contributed by atoms with Gasteiger partial charge >= 0.3 is 11.4 Å². The molecule has 0 aliphatic carbocycles. The average Bonchev–Trinajstić information content (AvgIpc) is 2.55. The average molecular weight is 360 g/mol. The summed E-state index contributed by atoms with van der Waals surface area (Å²) in [6.07, 6.45) is 0. The molecule has 0 fully saturated rings. The number of sulfonamides is 1. The van der Waals surface area contributed by atoms with Crippen LogP contribution in [0.1, 0.15) is 11.1 Å².